The number of methoxy groups -OCH3 is 2. The molecular weight excluding hydrogens is 292 g/mol. The fraction of sp³-hybridized carbons (Fsp3) is 0.176. The van der Waals surface area contributed by atoms with E-state index in [0.717, 1.165) is 22.6 Å². The van der Waals surface area contributed by atoms with Gasteiger partial charge in [-0.15, -0.1) is 0 Å². The third kappa shape index (κ3) is 3.17. The summed E-state index contributed by atoms with van der Waals surface area (Å²) in [5.41, 5.74) is 8.07. The molecule has 0 spiro atoms. The van der Waals surface area contributed by atoms with E-state index in [9.17, 15) is 0 Å². The van der Waals surface area contributed by atoms with E-state index in [1.807, 2.05) is 48.5 Å². The second-order valence-electron chi connectivity index (χ2n) is 5.03. The first-order valence-corrected chi connectivity index (χ1v) is 7.17. The van der Waals surface area contributed by atoms with E-state index in [2.05, 4.69) is 15.2 Å². The zero-order valence-corrected chi connectivity index (χ0v) is 13.0. The number of rotatable bonds is 5. The summed E-state index contributed by atoms with van der Waals surface area (Å²) in [5, 5.41) is 7.15. The summed E-state index contributed by atoms with van der Waals surface area (Å²) in [6.45, 7) is 0. The summed E-state index contributed by atoms with van der Waals surface area (Å²) in [5.74, 6) is 2.75. The molecule has 0 saturated heterocycles. The number of nitrogens with two attached hydrogens (primary N) is 1. The Bertz CT molecular complexity index is 783. The van der Waals surface area contributed by atoms with E-state index in [4.69, 9.17) is 15.2 Å². The van der Waals surface area contributed by atoms with E-state index in [0.29, 0.717) is 11.6 Å². The number of ether oxygens (including phenoxy) is 2. The number of benzene rings is 2. The molecule has 2 aromatic carbocycles. The maximum atomic E-state index is 6.27. The highest BCUT2D eigenvalue weighted by Gasteiger charge is 2.15. The molecule has 0 saturated carbocycles. The van der Waals surface area contributed by atoms with E-state index < -0.39 is 6.04 Å². The van der Waals surface area contributed by atoms with Crippen molar-refractivity contribution in [3.8, 4) is 22.9 Å². The first-order chi connectivity index (χ1) is 11.2. The van der Waals surface area contributed by atoms with Crippen molar-refractivity contribution in [2.45, 2.75) is 6.04 Å². The zero-order chi connectivity index (χ0) is 16.2. The number of aromatic nitrogens is 3. The lowest BCUT2D eigenvalue weighted by Gasteiger charge is -2.09. The molecule has 3 rings (SSSR count). The van der Waals surface area contributed by atoms with Crippen LogP contribution in [0.25, 0.3) is 11.4 Å². The molecule has 0 radical (unpaired) electrons. The predicted octanol–water partition coefficient (Wildman–Crippen LogP) is 2.54. The third-order valence-electron chi connectivity index (χ3n) is 3.60. The van der Waals surface area contributed by atoms with Crippen LogP contribution in [0.15, 0.2) is 48.5 Å². The first-order valence-electron chi connectivity index (χ1n) is 7.17. The van der Waals surface area contributed by atoms with Gasteiger partial charge in [-0.2, -0.15) is 5.10 Å². The Kier molecular flexibility index (Phi) is 4.25. The zero-order valence-electron chi connectivity index (χ0n) is 13.0. The Morgan fingerprint density at radius 2 is 1.74 bits per heavy atom. The van der Waals surface area contributed by atoms with Crippen LogP contribution in [0.4, 0.5) is 0 Å². The number of nitrogens with one attached hydrogen (secondary N) is 1. The lowest BCUT2D eigenvalue weighted by Crippen LogP contribution is -2.13. The van der Waals surface area contributed by atoms with Crippen LogP contribution in [0, 0.1) is 0 Å². The Morgan fingerprint density at radius 3 is 2.43 bits per heavy atom. The second kappa shape index (κ2) is 6.50. The monoisotopic (exact) mass is 310 g/mol. The standard InChI is InChI=1S/C17H18N4O2/c1-22-13-8-6-11(7-9-13)16-19-17(21-20-16)15(18)12-4-3-5-14(10-12)23-2/h3-10,15H,18H2,1-2H3,(H,19,20,21)/t15-/m0/s1. The number of H-pyrrole nitrogens is 1. The Labute approximate surface area is 134 Å². The van der Waals surface area contributed by atoms with Gasteiger partial charge >= 0.3 is 0 Å². The molecule has 0 unspecified atom stereocenters. The van der Waals surface area contributed by atoms with Gasteiger partial charge in [0.05, 0.1) is 20.3 Å². The maximum absolute atomic E-state index is 6.27. The molecule has 3 N–H and O–H groups in total. The van der Waals surface area contributed by atoms with Crippen molar-refractivity contribution in [1.29, 1.82) is 0 Å². The molecule has 1 heterocycles. The summed E-state index contributed by atoms with van der Waals surface area (Å²) in [7, 11) is 3.26. The molecule has 0 aliphatic carbocycles. The van der Waals surface area contributed by atoms with E-state index in [1.165, 1.54) is 0 Å². The fourth-order valence-electron chi connectivity index (χ4n) is 2.28. The third-order valence-corrected chi connectivity index (χ3v) is 3.60. The van der Waals surface area contributed by atoms with Crippen LogP contribution >= 0.6 is 0 Å². The SMILES string of the molecule is COc1ccc(-c2n[nH]c([C@@H](N)c3cccc(OC)c3)n2)cc1. The van der Waals surface area contributed by atoms with Gasteiger partial charge in [0.15, 0.2) is 5.82 Å². The van der Waals surface area contributed by atoms with Gasteiger partial charge in [-0.05, 0) is 42.0 Å². The predicted molar refractivity (Wildman–Crippen MR) is 87.4 cm³/mol. The molecule has 0 fully saturated rings. The Morgan fingerprint density at radius 1 is 1.00 bits per heavy atom. The number of hydrogen-bond acceptors (Lipinski definition) is 5. The summed E-state index contributed by atoms with van der Waals surface area (Å²) < 4.78 is 10.4. The van der Waals surface area contributed by atoms with Crippen molar-refractivity contribution >= 4 is 0 Å². The molecule has 0 aliphatic heterocycles. The lowest BCUT2D eigenvalue weighted by atomic mass is 10.1. The van der Waals surface area contributed by atoms with Crippen LogP contribution in [0.1, 0.15) is 17.4 Å². The molecule has 118 valence electrons. The topological polar surface area (TPSA) is 86.0 Å². The van der Waals surface area contributed by atoms with Crippen molar-refractivity contribution in [2.75, 3.05) is 14.2 Å². The molecule has 3 aromatic rings. The van der Waals surface area contributed by atoms with Crippen LogP contribution in [-0.2, 0) is 0 Å². The average Bonchev–Trinajstić information content (AvgIpc) is 3.11. The van der Waals surface area contributed by atoms with Gasteiger partial charge in [-0.25, -0.2) is 4.98 Å². The van der Waals surface area contributed by atoms with Crippen molar-refractivity contribution in [3.05, 3.63) is 59.9 Å². The van der Waals surface area contributed by atoms with Crippen molar-refractivity contribution in [2.24, 2.45) is 5.73 Å². The van der Waals surface area contributed by atoms with E-state index >= 15 is 0 Å². The molecule has 0 bridgehead atoms. The smallest absolute Gasteiger partial charge is 0.181 e. The van der Waals surface area contributed by atoms with Gasteiger partial charge in [0, 0.05) is 5.56 Å². The van der Waals surface area contributed by atoms with Gasteiger partial charge < -0.3 is 15.2 Å². The quantitative estimate of drug-likeness (QED) is 0.756. The van der Waals surface area contributed by atoms with Crippen LogP contribution in [0.2, 0.25) is 0 Å². The van der Waals surface area contributed by atoms with Crippen LogP contribution in [-0.4, -0.2) is 29.4 Å². The average molecular weight is 310 g/mol. The number of nitrogens with zero attached hydrogens (tertiary/aromatic N) is 2. The Balaban J connectivity index is 1.85. The van der Waals surface area contributed by atoms with Crippen LogP contribution in [0.5, 0.6) is 11.5 Å². The molecule has 1 atom stereocenters. The van der Waals surface area contributed by atoms with Crippen LogP contribution in [0.3, 0.4) is 0 Å². The largest absolute Gasteiger partial charge is 0.497 e. The molecule has 6 heteroatoms. The van der Waals surface area contributed by atoms with E-state index in [1.54, 1.807) is 14.2 Å². The van der Waals surface area contributed by atoms with Gasteiger partial charge in [-0.3, -0.25) is 5.10 Å². The van der Waals surface area contributed by atoms with Gasteiger partial charge in [0.25, 0.3) is 0 Å². The maximum Gasteiger partial charge on any atom is 0.181 e. The van der Waals surface area contributed by atoms with Crippen molar-refractivity contribution in [1.82, 2.24) is 15.2 Å². The fourth-order valence-corrected chi connectivity index (χ4v) is 2.28. The molecule has 0 aliphatic rings. The van der Waals surface area contributed by atoms with Gasteiger partial charge in [0.1, 0.15) is 17.3 Å². The molecular formula is C17H18N4O2. The number of hydrogen-bond donors (Lipinski definition) is 2. The summed E-state index contributed by atoms with van der Waals surface area (Å²) >= 11 is 0. The van der Waals surface area contributed by atoms with Gasteiger partial charge in [-0.1, -0.05) is 12.1 Å². The second-order valence-corrected chi connectivity index (χ2v) is 5.03. The normalized spacial score (nSPS) is 12.0. The summed E-state index contributed by atoms with van der Waals surface area (Å²) in [6, 6.07) is 14.7. The minimum atomic E-state index is -0.399. The minimum Gasteiger partial charge on any atom is -0.497 e. The molecule has 0 amide bonds. The van der Waals surface area contributed by atoms with Crippen LogP contribution < -0.4 is 15.2 Å². The van der Waals surface area contributed by atoms with Crippen molar-refractivity contribution < 1.29 is 9.47 Å². The molecule has 6 nitrogen and oxygen atoms in total. The summed E-state index contributed by atoms with van der Waals surface area (Å²) in [4.78, 5) is 4.49. The van der Waals surface area contributed by atoms with Gasteiger partial charge in [0.2, 0.25) is 0 Å². The highest BCUT2D eigenvalue weighted by atomic mass is 16.5. The van der Waals surface area contributed by atoms with E-state index in [-0.39, 0.29) is 0 Å². The Hall–Kier alpha value is -2.86. The summed E-state index contributed by atoms with van der Waals surface area (Å²) in [6.07, 6.45) is 0. The first kappa shape index (κ1) is 15.1. The number of aromatic amines is 1. The molecule has 1 aromatic heterocycles. The molecule has 23 heavy (non-hydrogen) atoms. The highest BCUT2D eigenvalue weighted by Crippen LogP contribution is 2.24. The lowest BCUT2D eigenvalue weighted by molar-refractivity contribution is 0.414. The van der Waals surface area contributed by atoms with Crippen molar-refractivity contribution in [3.63, 3.8) is 0 Å². The minimum absolute atomic E-state index is 0.399. The highest BCUT2D eigenvalue weighted by molar-refractivity contribution is 5.56.